The van der Waals surface area contributed by atoms with E-state index >= 15 is 0 Å². The van der Waals surface area contributed by atoms with Crippen molar-refractivity contribution in [2.45, 2.75) is 24.7 Å². The van der Waals surface area contributed by atoms with Crippen LogP contribution in [0.1, 0.15) is 21.5 Å². The van der Waals surface area contributed by atoms with Gasteiger partial charge in [-0.1, -0.05) is 43.0 Å². The maximum absolute atomic E-state index is 14.0. The Hall–Kier alpha value is -4.18. The Balaban J connectivity index is 1.67. The zero-order chi connectivity index (χ0) is 27.5. The molecule has 1 heterocycles. The number of hydrogen-bond acceptors (Lipinski definition) is 3. The summed E-state index contributed by atoms with van der Waals surface area (Å²) in [6.45, 7) is 3.07. The molecule has 0 fully saturated rings. The van der Waals surface area contributed by atoms with E-state index in [0.29, 0.717) is 6.42 Å². The van der Waals surface area contributed by atoms with Crippen molar-refractivity contribution in [3.05, 3.63) is 102 Å². The molecule has 0 radical (unpaired) electrons. The molecule has 0 saturated heterocycles. The van der Waals surface area contributed by atoms with Crippen LogP contribution in [0.3, 0.4) is 0 Å². The highest BCUT2D eigenvalue weighted by atomic mass is 19.4. The standard InChI is InChI=1S/C28H24F5N3O2/c1-2-27(29,30)38-25-11-10-18(17-6-5-7-20(12-17)28(31,32)33)14-23(25)26(37)36-21(15-34)13-19-16-35-24-9-4-3-8-22(19)24/h2-12,14,16,21,35H,1,13,15,34H2,(H,36,37). The summed E-state index contributed by atoms with van der Waals surface area (Å²) in [6, 6.07) is 15.1. The lowest BCUT2D eigenvalue weighted by Gasteiger charge is -2.20. The van der Waals surface area contributed by atoms with Gasteiger partial charge in [-0.25, -0.2) is 0 Å². The van der Waals surface area contributed by atoms with Crippen molar-refractivity contribution in [1.29, 1.82) is 0 Å². The molecule has 198 valence electrons. The molecule has 0 spiro atoms. The highest BCUT2D eigenvalue weighted by molar-refractivity contribution is 5.98. The number of amides is 1. The molecule has 0 aliphatic rings. The Morgan fingerprint density at radius 2 is 1.76 bits per heavy atom. The predicted octanol–water partition coefficient (Wildman–Crippen LogP) is 6.31. The minimum absolute atomic E-state index is 0.0393. The van der Waals surface area contributed by atoms with Gasteiger partial charge in [-0.3, -0.25) is 4.79 Å². The van der Waals surface area contributed by atoms with Crippen LogP contribution in [0.15, 0.2) is 85.6 Å². The number of benzene rings is 3. The summed E-state index contributed by atoms with van der Waals surface area (Å²) in [5, 5.41) is 3.68. The summed E-state index contributed by atoms with van der Waals surface area (Å²) < 4.78 is 72.4. The molecule has 0 aliphatic heterocycles. The summed E-state index contributed by atoms with van der Waals surface area (Å²) in [6.07, 6.45) is -5.95. The zero-order valence-electron chi connectivity index (χ0n) is 20.0. The third-order valence-corrected chi connectivity index (χ3v) is 5.99. The van der Waals surface area contributed by atoms with Gasteiger partial charge in [0.2, 0.25) is 0 Å². The number of nitrogens with one attached hydrogen (secondary N) is 2. The van der Waals surface area contributed by atoms with E-state index in [2.05, 4.69) is 16.9 Å². The Labute approximate surface area is 215 Å². The third-order valence-electron chi connectivity index (χ3n) is 5.99. The van der Waals surface area contributed by atoms with Gasteiger partial charge in [0, 0.05) is 35.8 Å². The van der Waals surface area contributed by atoms with Gasteiger partial charge in [-0.05, 0) is 53.4 Å². The summed E-state index contributed by atoms with van der Waals surface area (Å²) in [7, 11) is 0. The van der Waals surface area contributed by atoms with E-state index in [1.165, 1.54) is 24.3 Å². The smallest absolute Gasteiger partial charge is 0.419 e. The second-order valence-electron chi connectivity index (χ2n) is 8.63. The van der Waals surface area contributed by atoms with Crippen LogP contribution in [0.4, 0.5) is 22.0 Å². The molecule has 5 nitrogen and oxygen atoms in total. The maximum Gasteiger partial charge on any atom is 0.419 e. The minimum Gasteiger partial charge on any atom is -0.429 e. The Kier molecular flexibility index (Phi) is 7.54. The fraction of sp³-hybridized carbons (Fsp3) is 0.179. The van der Waals surface area contributed by atoms with Gasteiger partial charge in [0.1, 0.15) is 5.75 Å². The van der Waals surface area contributed by atoms with E-state index in [1.807, 2.05) is 24.3 Å². The van der Waals surface area contributed by atoms with Crippen LogP contribution < -0.4 is 15.8 Å². The van der Waals surface area contributed by atoms with E-state index in [0.717, 1.165) is 34.7 Å². The lowest BCUT2D eigenvalue weighted by atomic mass is 9.99. The number of aromatic amines is 1. The number of carbonyl (C=O) groups excluding carboxylic acids is 1. The van der Waals surface area contributed by atoms with Crippen molar-refractivity contribution in [2.24, 2.45) is 5.73 Å². The summed E-state index contributed by atoms with van der Waals surface area (Å²) in [5.41, 5.74) is 6.87. The van der Waals surface area contributed by atoms with Crippen molar-refractivity contribution < 1.29 is 31.5 Å². The van der Waals surface area contributed by atoms with E-state index < -0.39 is 35.5 Å². The highest BCUT2D eigenvalue weighted by Gasteiger charge is 2.31. The molecule has 4 N–H and O–H groups in total. The molecule has 1 aromatic heterocycles. The average molecular weight is 530 g/mol. The van der Waals surface area contributed by atoms with Crippen molar-refractivity contribution in [3.8, 4) is 16.9 Å². The minimum atomic E-state index is -4.58. The maximum atomic E-state index is 14.0. The molecule has 38 heavy (non-hydrogen) atoms. The first-order valence-electron chi connectivity index (χ1n) is 11.6. The third kappa shape index (κ3) is 6.03. The number of fused-ring (bicyclic) bond motifs is 1. The predicted molar refractivity (Wildman–Crippen MR) is 135 cm³/mol. The number of carbonyl (C=O) groups is 1. The topological polar surface area (TPSA) is 80.1 Å². The number of halogens is 5. The molecule has 3 aromatic carbocycles. The Morgan fingerprint density at radius 3 is 2.47 bits per heavy atom. The quantitative estimate of drug-likeness (QED) is 0.176. The molecule has 10 heteroatoms. The number of aromatic nitrogens is 1. The van der Waals surface area contributed by atoms with E-state index in [4.69, 9.17) is 10.5 Å². The average Bonchev–Trinajstić information content (AvgIpc) is 3.30. The molecule has 4 rings (SSSR count). The largest absolute Gasteiger partial charge is 0.429 e. The number of alkyl halides is 5. The summed E-state index contributed by atoms with van der Waals surface area (Å²) in [4.78, 5) is 16.4. The van der Waals surface area contributed by atoms with E-state index in [-0.39, 0.29) is 29.3 Å². The number of rotatable bonds is 9. The number of nitrogens with two attached hydrogens (primary N) is 1. The van der Waals surface area contributed by atoms with Gasteiger partial charge in [-0.2, -0.15) is 22.0 Å². The lowest BCUT2D eigenvalue weighted by molar-refractivity contribution is -0.137. The normalized spacial score (nSPS) is 12.8. The van der Waals surface area contributed by atoms with Crippen molar-refractivity contribution >= 4 is 16.8 Å². The summed E-state index contributed by atoms with van der Waals surface area (Å²) >= 11 is 0. The van der Waals surface area contributed by atoms with E-state index in [1.54, 1.807) is 6.20 Å². The molecular formula is C28H24F5N3O2. The Morgan fingerprint density at radius 1 is 1.03 bits per heavy atom. The SMILES string of the molecule is C=CC(F)(F)Oc1ccc(-c2cccc(C(F)(F)F)c2)cc1C(=O)NC(CN)Cc1c[nH]c2ccccc12. The molecule has 1 unspecified atom stereocenters. The molecule has 0 saturated carbocycles. The van der Waals surface area contributed by atoms with Crippen LogP contribution in [0.25, 0.3) is 22.0 Å². The van der Waals surface area contributed by atoms with Crippen LogP contribution in [0.2, 0.25) is 0 Å². The molecule has 4 aromatic rings. The van der Waals surface area contributed by atoms with Crippen molar-refractivity contribution in [3.63, 3.8) is 0 Å². The highest BCUT2D eigenvalue weighted by Crippen LogP contribution is 2.34. The van der Waals surface area contributed by atoms with Gasteiger partial charge >= 0.3 is 12.3 Å². The van der Waals surface area contributed by atoms with Gasteiger partial charge in [0.05, 0.1) is 11.1 Å². The van der Waals surface area contributed by atoms with Crippen LogP contribution in [0, 0.1) is 0 Å². The lowest BCUT2D eigenvalue weighted by Crippen LogP contribution is -2.42. The molecular weight excluding hydrogens is 505 g/mol. The van der Waals surface area contributed by atoms with Gasteiger partial charge in [-0.15, -0.1) is 0 Å². The van der Waals surface area contributed by atoms with Crippen molar-refractivity contribution in [2.75, 3.05) is 6.54 Å². The van der Waals surface area contributed by atoms with Gasteiger partial charge in [0.15, 0.2) is 0 Å². The molecule has 1 amide bonds. The number of ether oxygens (including phenoxy) is 1. The first-order chi connectivity index (χ1) is 18.0. The first kappa shape index (κ1) is 26.9. The number of para-hydroxylation sites is 1. The second-order valence-corrected chi connectivity index (χ2v) is 8.63. The van der Waals surface area contributed by atoms with E-state index in [9.17, 15) is 26.7 Å². The fourth-order valence-corrected chi connectivity index (χ4v) is 4.06. The summed E-state index contributed by atoms with van der Waals surface area (Å²) in [5.74, 6) is -1.24. The second kappa shape index (κ2) is 10.7. The Bertz CT molecular complexity index is 1460. The number of hydrogen-bond donors (Lipinski definition) is 3. The van der Waals surface area contributed by atoms with Gasteiger partial charge in [0.25, 0.3) is 5.91 Å². The monoisotopic (exact) mass is 529 g/mol. The van der Waals surface area contributed by atoms with Crippen LogP contribution in [-0.2, 0) is 12.6 Å². The molecule has 1 atom stereocenters. The number of H-pyrrole nitrogens is 1. The van der Waals surface area contributed by atoms with Crippen molar-refractivity contribution in [1.82, 2.24) is 10.3 Å². The van der Waals surface area contributed by atoms with Crippen LogP contribution in [0.5, 0.6) is 5.75 Å². The zero-order valence-corrected chi connectivity index (χ0v) is 20.0. The van der Waals surface area contributed by atoms with Crippen LogP contribution in [-0.4, -0.2) is 29.6 Å². The molecule has 0 bridgehead atoms. The first-order valence-corrected chi connectivity index (χ1v) is 11.6. The fourth-order valence-electron chi connectivity index (χ4n) is 4.06. The van der Waals surface area contributed by atoms with Gasteiger partial charge < -0.3 is 20.8 Å². The molecule has 0 aliphatic carbocycles. The van der Waals surface area contributed by atoms with Crippen LogP contribution >= 0.6 is 0 Å².